The van der Waals surface area contributed by atoms with Crippen molar-refractivity contribution in [3.63, 3.8) is 0 Å². The third kappa shape index (κ3) is 1.44. The van der Waals surface area contributed by atoms with E-state index in [1.165, 1.54) is 10.9 Å². The lowest BCUT2D eigenvalue weighted by Crippen LogP contribution is -1.81. The molecule has 14 heavy (non-hydrogen) atoms. The first-order valence-electron chi connectivity index (χ1n) is 4.64. The first-order chi connectivity index (χ1) is 6.83. The van der Waals surface area contributed by atoms with E-state index in [-0.39, 0.29) is 6.61 Å². The number of aliphatic hydroxyl groups is 1. The van der Waals surface area contributed by atoms with Crippen LogP contribution in [-0.2, 0) is 7.05 Å². The molecule has 0 unspecified atom stereocenters. The van der Waals surface area contributed by atoms with E-state index in [9.17, 15) is 0 Å². The number of fused-ring (bicyclic) bond motifs is 1. The molecular formula is C12H13NO. The topological polar surface area (TPSA) is 25.2 Å². The molecule has 1 N–H and O–H groups in total. The zero-order chi connectivity index (χ0) is 9.97. The molecule has 1 aromatic heterocycles. The lowest BCUT2D eigenvalue weighted by Gasteiger charge is -1.92. The van der Waals surface area contributed by atoms with Crippen molar-refractivity contribution >= 4 is 17.0 Å². The molecule has 0 spiro atoms. The SMILES string of the molecule is Cn1cc(C=CCO)c2ccccc21. The molecule has 0 aliphatic rings. The van der Waals surface area contributed by atoms with E-state index in [1.54, 1.807) is 6.08 Å². The van der Waals surface area contributed by atoms with Crippen LogP contribution in [0.5, 0.6) is 0 Å². The summed E-state index contributed by atoms with van der Waals surface area (Å²) in [5, 5.41) is 9.93. The van der Waals surface area contributed by atoms with Gasteiger partial charge in [-0.15, -0.1) is 0 Å². The minimum atomic E-state index is 0.0865. The van der Waals surface area contributed by atoms with E-state index < -0.39 is 0 Å². The maximum absolute atomic E-state index is 8.71. The number of benzene rings is 1. The summed E-state index contributed by atoms with van der Waals surface area (Å²) in [5.74, 6) is 0. The minimum absolute atomic E-state index is 0.0865. The number of aliphatic hydroxyl groups excluding tert-OH is 1. The van der Waals surface area contributed by atoms with Crippen LogP contribution in [0.3, 0.4) is 0 Å². The van der Waals surface area contributed by atoms with Crippen LogP contribution in [0.2, 0.25) is 0 Å². The van der Waals surface area contributed by atoms with Gasteiger partial charge in [0.25, 0.3) is 0 Å². The molecule has 0 aliphatic carbocycles. The Bertz CT molecular complexity index is 468. The second-order valence-electron chi connectivity index (χ2n) is 3.30. The van der Waals surface area contributed by atoms with E-state index in [1.807, 2.05) is 25.3 Å². The standard InChI is InChI=1S/C12H13NO/c1-13-9-10(5-4-8-14)11-6-2-3-7-12(11)13/h2-7,9,14H,8H2,1H3. The fourth-order valence-electron chi connectivity index (χ4n) is 1.69. The monoisotopic (exact) mass is 187 g/mol. The van der Waals surface area contributed by atoms with Crippen molar-refractivity contribution in [2.24, 2.45) is 7.05 Å². The maximum Gasteiger partial charge on any atom is 0.0615 e. The predicted octanol–water partition coefficient (Wildman–Crippen LogP) is 2.18. The van der Waals surface area contributed by atoms with Crippen LogP contribution in [0.4, 0.5) is 0 Å². The predicted molar refractivity (Wildman–Crippen MR) is 59.0 cm³/mol. The van der Waals surface area contributed by atoms with Crippen molar-refractivity contribution in [3.8, 4) is 0 Å². The number of rotatable bonds is 2. The fourth-order valence-corrected chi connectivity index (χ4v) is 1.69. The van der Waals surface area contributed by atoms with Crippen LogP contribution in [0.25, 0.3) is 17.0 Å². The Hall–Kier alpha value is -1.54. The van der Waals surface area contributed by atoms with Gasteiger partial charge in [-0.2, -0.15) is 0 Å². The molecule has 0 aliphatic heterocycles. The van der Waals surface area contributed by atoms with E-state index in [0.717, 1.165) is 5.56 Å². The van der Waals surface area contributed by atoms with Crippen LogP contribution in [-0.4, -0.2) is 16.3 Å². The number of aromatic nitrogens is 1. The molecule has 2 heteroatoms. The third-order valence-electron chi connectivity index (χ3n) is 2.33. The lowest BCUT2D eigenvalue weighted by molar-refractivity contribution is 0.343. The van der Waals surface area contributed by atoms with Gasteiger partial charge in [0.15, 0.2) is 0 Å². The third-order valence-corrected chi connectivity index (χ3v) is 2.33. The fraction of sp³-hybridized carbons (Fsp3) is 0.167. The second kappa shape index (κ2) is 3.68. The molecule has 1 aromatic carbocycles. The van der Waals surface area contributed by atoms with Crippen LogP contribution in [0.1, 0.15) is 5.56 Å². The molecule has 0 fully saturated rings. The Kier molecular flexibility index (Phi) is 2.37. The molecule has 0 saturated heterocycles. The summed E-state index contributed by atoms with van der Waals surface area (Å²) in [6.07, 6.45) is 5.76. The van der Waals surface area contributed by atoms with Crippen molar-refractivity contribution < 1.29 is 5.11 Å². The highest BCUT2D eigenvalue weighted by Gasteiger charge is 2.01. The second-order valence-corrected chi connectivity index (χ2v) is 3.30. The van der Waals surface area contributed by atoms with E-state index in [4.69, 9.17) is 5.11 Å². The normalized spacial score (nSPS) is 11.6. The minimum Gasteiger partial charge on any atom is -0.392 e. The summed E-state index contributed by atoms with van der Waals surface area (Å²) in [5.41, 5.74) is 2.36. The quantitative estimate of drug-likeness (QED) is 0.766. The molecular weight excluding hydrogens is 174 g/mol. The van der Waals surface area contributed by atoms with Crippen molar-refractivity contribution in [3.05, 3.63) is 42.1 Å². The number of aryl methyl sites for hydroxylation is 1. The molecule has 2 aromatic rings. The van der Waals surface area contributed by atoms with Gasteiger partial charge in [-0.3, -0.25) is 0 Å². The highest BCUT2D eigenvalue weighted by molar-refractivity contribution is 5.89. The van der Waals surface area contributed by atoms with Gasteiger partial charge >= 0.3 is 0 Å². The number of para-hydroxylation sites is 1. The molecule has 0 saturated carbocycles. The number of hydrogen-bond donors (Lipinski definition) is 1. The van der Waals surface area contributed by atoms with Gasteiger partial charge in [-0.25, -0.2) is 0 Å². The molecule has 0 amide bonds. The summed E-state index contributed by atoms with van der Waals surface area (Å²) < 4.78 is 2.09. The van der Waals surface area contributed by atoms with E-state index in [2.05, 4.69) is 22.9 Å². The van der Waals surface area contributed by atoms with Gasteiger partial charge in [0.05, 0.1) is 6.61 Å². The van der Waals surface area contributed by atoms with Gasteiger partial charge in [0.2, 0.25) is 0 Å². The van der Waals surface area contributed by atoms with E-state index in [0.29, 0.717) is 0 Å². The number of nitrogens with zero attached hydrogens (tertiary/aromatic N) is 1. The zero-order valence-corrected chi connectivity index (χ0v) is 8.14. The summed E-state index contributed by atoms with van der Waals surface area (Å²) in [4.78, 5) is 0. The van der Waals surface area contributed by atoms with Crippen LogP contribution in [0.15, 0.2) is 36.5 Å². The Labute approximate surface area is 83.1 Å². The number of hydrogen-bond acceptors (Lipinski definition) is 1. The first kappa shape index (κ1) is 9.03. The van der Waals surface area contributed by atoms with Crippen molar-refractivity contribution in [1.82, 2.24) is 4.57 Å². The highest BCUT2D eigenvalue weighted by Crippen LogP contribution is 2.21. The average molecular weight is 187 g/mol. The molecule has 2 rings (SSSR count). The Morgan fingerprint density at radius 3 is 2.93 bits per heavy atom. The smallest absolute Gasteiger partial charge is 0.0615 e. The average Bonchev–Trinajstić information content (AvgIpc) is 2.54. The van der Waals surface area contributed by atoms with Crippen molar-refractivity contribution in [2.75, 3.05) is 6.61 Å². The highest BCUT2D eigenvalue weighted by atomic mass is 16.2. The van der Waals surface area contributed by atoms with Crippen molar-refractivity contribution in [1.29, 1.82) is 0 Å². The van der Waals surface area contributed by atoms with Gasteiger partial charge in [0, 0.05) is 24.1 Å². The van der Waals surface area contributed by atoms with Crippen LogP contribution >= 0.6 is 0 Å². The molecule has 0 bridgehead atoms. The summed E-state index contributed by atoms with van der Waals surface area (Å²) >= 11 is 0. The lowest BCUT2D eigenvalue weighted by atomic mass is 10.1. The summed E-state index contributed by atoms with van der Waals surface area (Å²) in [6, 6.07) is 8.23. The molecule has 1 heterocycles. The van der Waals surface area contributed by atoms with Gasteiger partial charge < -0.3 is 9.67 Å². The molecule has 72 valence electrons. The van der Waals surface area contributed by atoms with Crippen LogP contribution < -0.4 is 0 Å². The maximum atomic E-state index is 8.71. The first-order valence-corrected chi connectivity index (χ1v) is 4.64. The molecule has 0 atom stereocenters. The van der Waals surface area contributed by atoms with Gasteiger partial charge in [0.1, 0.15) is 0 Å². The molecule has 2 nitrogen and oxygen atoms in total. The molecule has 0 radical (unpaired) electrons. The zero-order valence-electron chi connectivity index (χ0n) is 8.14. The van der Waals surface area contributed by atoms with Gasteiger partial charge in [-0.05, 0) is 11.6 Å². The Balaban J connectivity index is 2.61. The van der Waals surface area contributed by atoms with Crippen molar-refractivity contribution in [2.45, 2.75) is 0 Å². The largest absolute Gasteiger partial charge is 0.392 e. The summed E-state index contributed by atoms with van der Waals surface area (Å²) in [7, 11) is 2.03. The van der Waals surface area contributed by atoms with Crippen LogP contribution in [0, 0.1) is 0 Å². The van der Waals surface area contributed by atoms with Gasteiger partial charge in [-0.1, -0.05) is 30.4 Å². The summed E-state index contributed by atoms with van der Waals surface area (Å²) in [6.45, 7) is 0.0865. The van der Waals surface area contributed by atoms with E-state index >= 15 is 0 Å². The Morgan fingerprint density at radius 2 is 2.14 bits per heavy atom. The Morgan fingerprint density at radius 1 is 1.36 bits per heavy atom.